The van der Waals surface area contributed by atoms with Gasteiger partial charge in [-0.05, 0) is 0 Å². The van der Waals surface area contributed by atoms with Gasteiger partial charge in [0.2, 0.25) is 0 Å². The molecule has 37 heavy (non-hydrogen) atoms. The van der Waals surface area contributed by atoms with Gasteiger partial charge in [0.05, 0.1) is 0 Å². The van der Waals surface area contributed by atoms with Crippen LogP contribution in [0.4, 0.5) is 0 Å². The van der Waals surface area contributed by atoms with E-state index in [1.165, 1.54) is 54.9 Å². The second-order valence-corrected chi connectivity index (χ2v) is 15.7. The van der Waals surface area contributed by atoms with Crippen LogP contribution in [0, 0.1) is 0 Å². The normalized spacial score (nSPS) is 20.2. The number of rotatable bonds is 4. The van der Waals surface area contributed by atoms with Crippen molar-refractivity contribution in [3.8, 4) is 0 Å². The molecule has 1 heterocycles. The molecule has 2 aliphatic rings. The van der Waals surface area contributed by atoms with E-state index in [1.807, 2.05) is 0 Å². The maximum atomic E-state index is 3.86. The van der Waals surface area contributed by atoms with Crippen LogP contribution in [0.5, 0.6) is 0 Å². The van der Waals surface area contributed by atoms with Crippen LogP contribution >= 0.6 is 5.51 Å². The molecular formula is C35H25PSe. The monoisotopic (exact) mass is 556 g/mol. The SMILES string of the molecule is [Se]=[P@@]1(c2ccccc2)C2=C(c3ccccc3)[C@H](c3ccccc3)C(c3ccccc3)=C2c2ccccc21. The number of hydrogen-bond acceptors (Lipinski definition) is 0. The Balaban J connectivity index is 1.68. The van der Waals surface area contributed by atoms with E-state index in [-0.39, 0.29) is 5.92 Å². The zero-order chi connectivity index (χ0) is 24.8. The fourth-order valence-electron chi connectivity index (χ4n) is 6.10. The standard InChI is InChI=1S/C35H25PSe/c37-36(28-21-11-4-12-22-28)30-24-14-13-23-29(30)34-32(26-17-7-2-8-18-26)31(25-15-5-1-6-16-25)33(35(34)36)27-19-9-3-10-20-27/h1-24,31H/t31-,36-/m1/s1. The van der Waals surface area contributed by atoms with Gasteiger partial charge in [0.1, 0.15) is 0 Å². The van der Waals surface area contributed by atoms with E-state index in [9.17, 15) is 0 Å². The van der Waals surface area contributed by atoms with Gasteiger partial charge in [-0.25, -0.2) is 0 Å². The first-order valence-corrected chi connectivity index (χ1v) is 16.7. The number of hydrogen-bond donors (Lipinski definition) is 0. The summed E-state index contributed by atoms with van der Waals surface area (Å²) in [5.74, 6) is 0.154. The minimum atomic E-state index is -2.01. The van der Waals surface area contributed by atoms with Gasteiger partial charge in [0.15, 0.2) is 0 Å². The minimum absolute atomic E-state index is 0.154. The van der Waals surface area contributed by atoms with E-state index in [0.29, 0.717) is 0 Å². The van der Waals surface area contributed by atoms with Gasteiger partial charge >= 0.3 is 227 Å². The average molecular weight is 556 g/mol. The van der Waals surface area contributed by atoms with Crippen LogP contribution in [-0.4, -0.2) is 15.1 Å². The summed E-state index contributed by atoms with van der Waals surface area (Å²) in [5.41, 5.74) is 7.59. The van der Waals surface area contributed by atoms with Crippen molar-refractivity contribution in [2.45, 2.75) is 5.92 Å². The van der Waals surface area contributed by atoms with Crippen molar-refractivity contribution in [2.24, 2.45) is 0 Å². The molecular weight excluding hydrogens is 530 g/mol. The topological polar surface area (TPSA) is 0 Å². The van der Waals surface area contributed by atoms with E-state index in [2.05, 4.69) is 161 Å². The predicted octanol–water partition coefficient (Wildman–Crippen LogP) is 7.87. The molecule has 0 saturated heterocycles. The third-order valence-corrected chi connectivity index (χ3v) is 14.5. The third kappa shape index (κ3) is 3.47. The van der Waals surface area contributed by atoms with E-state index in [1.54, 1.807) is 0 Å². The molecule has 0 bridgehead atoms. The first-order valence-electron chi connectivity index (χ1n) is 12.7. The summed E-state index contributed by atoms with van der Waals surface area (Å²) in [6.45, 7) is 0. The van der Waals surface area contributed by atoms with Crippen LogP contribution in [0.1, 0.15) is 28.2 Å². The molecule has 0 N–H and O–H groups in total. The van der Waals surface area contributed by atoms with Gasteiger partial charge in [-0.1, -0.05) is 0 Å². The van der Waals surface area contributed by atoms with Crippen LogP contribution in [-0.2, 0) is 0 Å². The Bertz CT molecular complexity index is 1720. The van der Waals surface area contributed by atoms with E-state index >= 15 is 0 Å². The predicted molar refractivity (Wildman–Crippen MR) is 161 cm³/mol. The molecule has 5 aromatic carbocycles. The molecule has 0 aromatic heterocycles. The van der Waals surface area contributed by atoms with Crippen molar-refractivity contribution < 1.29 is 0 Å². The van der Waals surface area contributed by atoms with Crippen molar-refractivity contribution in [3.05, 3.63) is 173 Å². The summed E-state index contributed by atoms with van der Waals surface area (Å²) < 4.78 is 0. The zero-order valence-electron chi connectivity index (χ0n) is 20.3. The molecule has 0 spiro atoms. The van der Waals surface area contributed by atoms with Crippen LogP contribution in [0.2, 0.25) is 0 Å². The second kappa shape index (κ2) is 9.13. The summed E-state index contributed by atoms with van der Waals surface area (Å²) >= 11 is 3.86. The molecule has 176 valence electrons. The quantitative estimate of drug-likeness (QED) is 0.156. The van der Waals surface area contributed by atoms with Crippen LogP contribution in [0.15, 0.2) is 151 Å². The van der Waals surface area contributed by atoms with Gasteiger partial charge in [-0.2, -0.15) is 0 Å². The Morgan fingerprint density at radius 3 is 1.59 bits per heavy atom. The summed E-state index contributed by atoms with van der Waals surface area (Å²) in [6, 6.07) is 53.4. The number of benzene rings is 5. The fourth-order valence-corrected chi connectivity index (χ4v) is 12.4. The molecule has 0 unspecified atom stereocenters. The fraction of sp³-hybridized carbons (Fsp3) is 0.0286. The summed E-state index contributed by atoms with van der Waals surface area (Å²) in [7, 11) is 0. The molecule has 2 atom stereocenters. The van der Waals surface area contributed by atoms with Crippen LogP contribution in [0.3, 0.4) is 0 Å². The van der Waals surface area contributed by atoms with Gasteiger partial charge in [-0.3, -0.25) is 0 Å². The molecule has 0 nitrogen and oxygen atoms in total. The summed E-state index contributed by atoms with van der Waals surface area (Å²) in [6.07, 6.45) is 0. The third-order valence-electron chi connectivity index (χ3n) is 7.59. The Morgan fingerprint density at radius 1 is 0.486 bits per heavy atom. The first kappa shape index (κ1) is 22.7. The van der Waals surface area contributed by atoms with Crippen molar-refractivity contribution in [1.29, 1.82) is 0 Å². The Hall–Kier alpha value is -3.47. The summed E-state index contributed by atoms with van der Waals surface area (Å²) in [5, 5.41) is 4.33. The van der Waals surface area contributed by atoms with Gasteiger partial charge in [0, 0.05) is 0 Å². The van der Waals surface area contributed by atoms with E-state index in [4.69, 9.17) is 0 Å². The molecule has 1 aliphatic heterocycles. The molecule has 0 saturated carbocycles. The molecule has 0 radical (unpaired) electrons. The number of allylic oxidation sites excluding steroid dienone is 4. The summed E-state index contributed by atoms with van der Waals surface area (Å²) in [4.78, 5) is 0. The van der Waals surface area contributed by atoms with Crippen molar-refractivity contribution in [1.82, 2.24) is 0 Å². The Labute approximate surface area is 226 Å². The van der Waals surface area contributed by atoms with E-state index < -0.39 is 5.51 Å². The average Bonchev–Trinajstić information content (AvgIpc) is 3.47. The maximum absolute atomic E-state index is 3.86. The van der Waals surface area contributed by atoms with Gasteiger partial charge in [0.25, 0.3) is 0 Å². The molecule has 2 heteroatoms. The van der Waals surface area contributed by atoms with Gasteiger partial charge in [-0.15, -0.1) is 0 Å². The molecule has 0 fully saturated rings. The molecule has 7 rings (SSSR count). The molecule has 1 aliphatic carbocycles. The van der Waals surface area contributed by atoms with Crippen LogP contribution in [0.25, 0.3) is 16.7 Å². The Morgan fingerprint density at radius 2 is 0.973 bits per heavy atom. The molecule has 5 aromatic rings. The van der Waals surface area contributed by atoms with Crippen molar-refractivity contribution >= 4 is 47.9 Å². The zero-order valence-corrected chi connectivity index (χ0v) is 22.9. The van der Waals surface area contributed by atoms with Crippen molar-refractivity contribution in [2.75, 3.05) is 0 Å². The van der Waals surface area contributed by atoms with Crippen LogP contribution < -0.4 is 10.6 Å². The van der Waals surface area contributed by atoms with Gasteiger partial charge < -0.3 is 0 Å². The first-order chi connectivity index (χ1) is 18.3. The number of fused-ring (bicyclic) bond motifs is 3. The molecule has 0 amide bonds. The van der Waals surface area contributed by atoms with Crippen molar-refractivity contribution in [3.63, 3.8) is 0 Å². The Kier molecular flexibility index (Phi) is 5.60. The second-order valence-electron chi connectivity index (χ2n) is 9.59. The van der Waals surface area contributed by atoms with E-state index in [0.717, 1.165) is 0 Å².